The van der Waals surface area contributed by atoms with Crippen LogP contribution in [0.2, 0.25) is 0 Å². The second-order valence-corrected chi connectivity index (χ2v) is 9.30. The van der Waals surface area contributed by atoms with Gasteiger partial charge in [0.05, 0.1) is 11.8 Å². The molecule has 1 aliphatic carbocycles. The lowest BCUT2D eigenvalue weighted by Gasteiger charge is -2.25. The average Bonchev–Trinajstić information content (AvgIpc) is 3.24. The number of benzene rings is 1. The molecule has 1 aromatic heterocycles. The van der Waals surface area contributed by atoms with Gasteiger partial charge in [0.25, 0.3) is 5.56 Å². The number of aromatic amines is 1. The molecule has 1 atom stereocenters. The number of hydrogen-bond donors (Lipinski definition) is 2. The highest BCUT2D eigenvalue weighted by Gasteiger charge is 2.35. The number of nitrogens with zero attached hydrogens (tertiary/aromatic N) is 3. The van der Waals surface area contributed by atoms with E-state index in [0.717, 1.165) is 37.7 Å². The molecular weight excluding hydrogens is 420 g/mol. The number of aromatic nitrogens is 2. The Morgan fingerprint density at radius 2 is 1.82 bits per heavy atom. The predicted molar refractivity (Wildman–Crippen MR) is 127 cm³/mol. The molecule has 2 N–H and O–H groups in total. The summed E-state index contributed by atoms with van der Waals surface area (Å²) in [6, 6.07) is 7.53. The third-order valence-corrected chi connectivity index (χ3v) is 6.80. The molecule has 0 unspecified atom stereocenters. The number of nitrogens with one attached hydrogen (secondary N) is 1. The molecule has 1 fully saturated rings. The van der Waals surface area contributed by atoms with Crippen LogP contribution < -0.4 is 11.2 Å². The monoisotopic (exact) mass is 452 g/mol. The van der Waals surface area contributed by atoms with Crippen LogP contribution in [0.15, 0.2) is 39.0 Å². The van der Waals surface area contributed by atoms with Crippen LogP contribution in [0.5, 0.6) is 5.88 Å². The third kappa shape index (κ3) is 4.38. The van der Waals surface area contributed by atoms with Gasteiger partial charge in [-0.1, -0.05) is 64.3 Å². The lowest BCUT2D eigenvalue weighted by Crippen LogP contribution is -2.36. The summed E-state index contributed by atoms with van der Waals surface area (Å²) in [5.74, 6) is -0.132. The number of hydrogen-bond acceptors (Lipinski definition) is 5. The van der Waals surface area contributed by atoms with Crippen LogP contribution in [0.3, 0.4) is 0 Å². The molecule has 8 heteroatoms. The van der Waals surface area contributed by atoms with Gasteiger partial charge in [0, 0.05) is 18.9 Å². The summed E-state index contributed by atoms with van der Waals surface area (Å²) < 4.78 is 1.30. The highest BCUT2D eigenvalue weighted by Crippen LogP contribution is 2.36. The van der Waals surface area contributed by atoms with Gasteiger partial charge in [-0.25, -0.2) is 9.80 Å². The number of hydrazone groups is 1. The van der Waals surface area contributed by atoms with Crippen LogP contribution in [-0.4, -0.2) is 31.3 Å². The van der Waals surface area contributed by atoms with Crippen molar-refractivity contribution in [1.29, 1.82) is 0 Å². The summed E-state index contributed by atoms with van der Waals surface area (Å²) in [5.41, 5.74) is 1.13. The summed E-state index contributed by atoms with van der Waals surface area (Å²) >= 11 is 0. The number of amides is 1. The zero-order valence-electron chi connectivity index (χ0n) is 19.5. The van der Waals surface area contributed by atoms with E-state index in [4.69, 9.17) is 0 Å². The Kier molecular flexibility index (Phi) is 6.54. The van der Waals surface area contributed by atoms with Crippen molar-refractivity contribution in [3.63, 3.8) is 0 Å². The van der Waals surface area contributed by atoms with E-state index in [0.29, 0.717) is 11.6 Å². The molecule has 1 amide bonds. The topological polar surface area (TPSA) is 108 Å². The van der Waals surface area contributed by atoms with E-state index in [9.17, 15) is 19.5 Å². The zero-order valence-corrected chi connectivity index (χ0v) is 19.5. The van der Waals surface area contributed by atoms with Crippen molar-refractivity contribution in [1.82, 2.24) is 14.6 Å². The molecular formula is C25H32N4O4. The van der Waals surface area contributed by atoms with Gasteiger partial charge in [0.2, 0.25) is 11.8 Å². The lowest BCUT2D eigenvalue weighted by molar-refractivity contribution is -0.132. The minimum Gasteiger partial charge on any atom is -0.494 e. The van der Waals surface area contributed by atoms with E-state index in [1.54, 1.807) is 6.92 Å². The maximum Gasteiger partial charge on any atom is 0.331 e. The molecule has 8 nitrogen and oxygen atoms in total. The fraction of sp³-hybridized carbons (Fsp3) is 0.520. The fourth-order valence-electron chi connectivity index (χ4n) is 4.89. The standard InChI is InChI=1S/C25H32N4O4/c1-4-21(30)29-20(17-12-10-16(11-13-17)15(2)3)14-19(27-29)22-23(31)26-25(33)28(24(22)32)18-8-6-5-7-9-18/h10-13,15,18,20,32H,4-9,14H2,1-3H3,(H,26,31,33)/t20-/m0/s1. The fourth-order valence-corrected chi connectivity index (χ4v) is 4.89. The smallest absolute Gasteiger partial charge is 0.331 e. The van der Waals surface area contributed by atoms with Gasteiger partial charge in [-0.05, 0) is 29.9 Å². The maximum atomic E-state index is 12.8. The number of rotatable bonds is 5. The van der Waals surface area contributed by atoms with Crippen molar-refractivity contribution < 1.29 is 9.90 Å². The van der Waals surface area contributed by atoms with Crippen molar-refractivity contribution in [2.24, 2.45) is 5.10 Å². The second-order valence-electron chi connectivity index (χ2n) is 9.30. The summed E-state index contributed by atoms with van der Waals surface area (Å²) in [6.45, 7) is 6.01. The summed E-state index contributed by atoms with van der Waals surface area (Å²) in [4.78, 5) is 40.4. The largest absolute Gasteiger partial charge is 0.494 e. The number of carbonyl (C=O) groups is 1. The summed E-state index contributed by atoms with van der Waals surface area (Å²) in [6.07, 6.45) is 5.14. The summed E-state index contributed by atoms with van der Waals surface area (Å²) in [5, 5.41) is 17.0. The molecule has 0 bridgehead atoms. The van der Waals surface area contributed by atoms with Gasteiger partial charge in [0.1, 0.15) is 5.56 Å². The van der Waals surface area contributed by atoms with Crippen LogP contribution in [-0.2, 0) is 4.79 Å². The zero-order chi connectivity index (χ0) is 23.7. The first-order valence-corrected chi connectivity index (χ1v) is 11.9. The molecule has 1 aromatic carbocycles. The first kappa shape index (κ1) is 23.0. The molecule has 2 aliphatic rings. The van der Waals surface area contributed by atoms with Gasteiger partial charge < -0.3 is 5.11 Å². The Hall–Kier alpha value is -3.16. The van der Waals surface area contributed by atoms with Gasteiger partial charge in [-0.15, -0.1) is 0 Å². The molecule has 2 aromatic rings. The van der Waals surface area contributed by atoms with Crippen LogP contribution in [0.4, 0.5) is 0 Å². The molecule has 4 rings (SSSR count). The van der Waals surface area contributed by atoms with Crippen LogP contribution in [0, 0.1) is 0 Å². The number of H-pyrrole nitrogens is 1. The minimum absolute atomic E-state index is 0.0182. The van der Waals surface area contributed by atoms with E-state index in [1.165, 1.54) is 15.1 Å². The first-order chi connectivity index (χ1) is 15.8. The van der Waals surface area contributed by atoms with Crippen molar-refractivity contribution in [2.75, 3.05) is 0 Å². The van der Waals surface area contributed by atoms with Gasteiger partial charge in [-0.2, -0.15) is 5.10 Å². The molecule has 33 heavy (non-hydrogen) atoms. The Bertz CT molecular complexity index is 1170. The van der Waals surface area contributed by atoms with Gasteiger partial charge in [-0.3, -0.25) is 19.1 Å². The third-order valence-electron chi connectivity index (χ3n) is 6.80. The SMILES string of the molecule is CCC(=O)N1N=C(c2c(O)n(C3CCCCC3)c(=O)[nH]c2=O)C[C@H]1c1ccc(C(C)C)cc1. The van der Waals surface area contributed by atoms with Crippen LogP contribution >= 0.6 is 0 Å². The quantitative estimate of drug-likeness (QED) is 0.716. The average molecular weight is 453 g/mol. The Morgan fingerprint density at radius 3 is 2.42 bits per heavy atom. The van der Waals surface area contributed by atoms with Crippen LogP contribution in [0.1, 0.15) is 100 Å². The number of carbonyl (C=O) groups excluding carboxylic acids is 1. The van der Waals surface area contributed by atoms with E-state index >= 15 is 0 Å². The van der Waals surface area contributed by atoms with Gasteiger partial charge in [0.15, 0.2) is 0 Å². The van der Waals surface area contributed by atoms with Crippen molar-refractivity contribution in [3.05, 3.63) is 61.8 Å². The molecule has 0 saturated heterocycles. The van der Waals surface area contributed by atoms with Crippen LogP contribution in [0.25, 0.3) is 0 Å². The Morgan fingerprint density at radius 1 is 1.15 bits per heavy atom. The molecule has 2 heterocycles. The molecule has 176 valence electrons. The van der Waals surface area contributed by atoms with E-state index in [-0.39, 0.29) is 42.3 Å². The highest BCUT2D eigenvalue weighted by molar-refractivity contribution is 6.04. The molecule has 0 spiro atoms. The Balaban J connectivity index is 1.75. The Labute approximate surface area is 193 Å². The van der Waals surface area contributed by atoms with Crippen molar-refractivity contribution in [2.45, 2.75) is 83.7 Å². The molecule has 1 aliphatic heterocycles. The van der Waals surface area contributed by atoms with E-state index < -0.39 is 11.2 Å². The second kappa shape index (κ2) is 9.37. The van der Waals surface area contributed by atoms with Crippen molar-refractivity contribution >= 4 is 11.6 Å². The maximum absolute atomic E-state index is 12.8. The van der Waals surface area contributed by atoms with Gasteiger partial charge >= 0.3 is 5.69 Å². The minimum atomic E-state index is -0.678. The molecule has 0 radical (unpaired) electrons. The van der Waals surface area contributed by atoms with E-state index in [2.05, 4.69) is 23.9 Å². The molecule has 1 saturated carbocycles. The lowest BCUT2D eigenvalue weighted by atomic mass is 9.94. The first-order valence-electron chi connectivity index (χ1n) is 11.9. The highest BCUT2D eigenvalue weighted by atomic mass is 16.3. The normalized spacial score (nSPS) is 19.2. The number of aromatic hydroxyl groups is 1. The predicted octanol–water partition coefficient (Wildman–Crippen LogP) is 3.96. The summed E-state index contributed by atoms with van der Waals surface area (Å²) in [7, 11) is 0. The van der Waals surface area contributed by atoms with E-state index in [1.807, 2.05) is 24.3 Å². The van der Waals surface area contributed by atoms with Crippen molar-refractivity contribution in [3.8, 4) is 5.88 Å².